The third-order valence-electron chi connectivity index (χ3n) is 3.50. The maximum Gasteiger partial charge on any atom is 0.259 e. The summed E-state index contributed by atoms with van der Waals surface area (Å²) in [6.07, 6.45) is 0. The van der Waals surface area contributed by atoms with E-state index in [0.29, 0.717) is 24.5 Å². The molecule has 1 amide bonds. The molecule has 2 rings (SSSR count). The normalized spacial score (nSPS) is 10.4. The minimum atomic E-state index is -0.207. The molecule has 0 spiro atoms. The molecule has 0 saturated heterocycles. The van der Waals surface area contributed by atoms with E-state index < -0.39 is 0 Å². The second-order valence-electron chi connectivity index (χ2n) is 5.23. The Morgan fingerprint density at radius 1 is 1.09 bits per heavy atom. The van der Waals surface area contributed by atoms with E-state index in [-0.39, 0.29) is 5.91 Å². The van der Waals surface area contributed by atoms with E-state index in [4.69, 9.17) is 9.47 Å². The Kier molecular flexibility index (Phi) is 6.19. The summed E-state index contributed by atoms with van der Waals surface area (Å²) in [6, 6.07) is 11.2. The summed E-state index contributed by atoms with van der Waals surface area (Å²) >= 11 is 3.39. The van der Waals surface area contributed by atoms with Crippen LogP contribution in [-0.2, 0) is 4.74 Å². The van der Waals surface area contributed by atoms with Crippen molar-refractivity contribution in [3.8, 4) is 5.75 Å². The lowest BCUT2D eigenvalue weighted by atomic mass is 10.1. The van der Waals surface area contributed by atoms with Gasteiger partial charge in [0.25, 0.3) is 5.91 Å². The number of amides is 1. The number of halogens is 1. The van der Waals surface area contributed by atoms with Crippen LogP contribution in [0.5, 0.6) is 5.75 Å². The predicted octanol–water partition coefficient (Wildman–Crippen LogP) is 4.34. The summed E-state index contributed by atoms with van der Waals surface area (Å²) < 4.78 is 11.4. The van der Waals surface area contributed by atoms with Crippen LogP contribution in [0, 0.1) is 13.8 Å². The minimum Gasteiger partial charge on any atom is -0.490 e. The van der Waals surface area contributed by atoms with Crippen LogP contribution < -0.4 is 10.1 Å². The van der Waals surface area contributed by atoms with Crippen molar-refractivity contribution in [2.45, 2.75) is 13.8 Å². The van der Waals surface area contributed by atoms with Crippen LogP contribution >= 0.6 is 15.9 Å². The molecule has 0 aromatic heterocycles. The van der Waals surface area contributed by atoms with Gasteiger partial charge in [-0.2, -0.15) is 0 Å². The van der Waals surface area contributed by atoms with E-state index in [1.807, 2.05) is 38.1 Å². The van der Waals surface area contributed by atoms with E-state index in [0.717, 1.165) is 15.7 Å². The van der Waals surface area contributed by atoms with Crippen LogP contribution in [0.4, 0.5) is 5.69 Å². The Hall–Kier alpha value is -1.85. The number of aryl methyl sites for hydroxylation is 2. The molecule has 2 aromatic carbocycles. The van der Waals surface area contributed by atoms with Gasteiger partial charge in [-0.1, -0.05) is 22.0 Å². The van der Waals surface area contributed by atoms with Crippen LogP contribution in [0.2, 0.25) is 0 Å². The van der Waals surface area contributed by atoms with E-state index in [2.05, 4.69) is 21.2 Å². The third-order valence-corrected chi connectivity index (χ3v) is 3.99. The molecule has 0 aliphatic carbocycles. The van der Waals surface area contributed by atoms with Gasteiger partial charge in [0, 0.05) is 17.3 Å². The number of anilines is 1. The van der Waals surface area contributed by atoms with Crippen LogP contribution in [-0.4, -0.2) is 26.2 Å². The first kappa shape index (κ1) is 17.5. The number of rotatable bonds is 6. The Balaban J connectivity index is 2.19. The molecule has 2 aromatic rings. The number of benzene rings is 2. The maximum absolute atomic E-state index is 12.6. The number of hydrogen-bond acceptors (Lipinski definition) is 3. The van der Waals surface area contributed by atoms with Gasteiger partial charge in [0.1, 0.15) is 12.4 Å². The first-order valence-electron chi connectivity index (χ1n) is 7.31. The van der Waals surface area contributed by atoms with Gasteiger partial charge in [0.05, 0.1) is 12.2 Å². The Morgan fingerprint density at radius 3 is 2.57 bits per heavy atom. The van der Waals surface area contributed by atoms with E-state index in [1.54, 1.807) is 19.2 Å². The summed E-state index contributed by atoms with van der Waals surface area (Å²) in [5.74, 6) is 0.327. The molecular formula is C18H20BrNO3. The van der Waals surface area contributed by atoms with Gasteiger partial charge >= 0.3 is 0 Å². The molecule has 4 nitrogen and oxygen atoms in total. The van der Waals surface area contributed by atoms with Crippen molar-refractivity contribution in [3.05, 3.63) is 57.6 Å². The quantitative estimate of drug-likeness (QED) is 0.761. The highest BCUT2D eigenvalue weighted by Crippen LogP contribution is 2.25. The van der Waals surface area contributed by atoms with Crippen molar-refractivity contribution in [1.82, 2.24) is 0 Å². The molecule has 0 atom stereocenters. The van der Waals surface area contributed by atoms with Gasteiger partial charge in [0.2, 0.25) is 0 Å². The van der Waals surface area contributed by atoms with Crippen molar-refractivity contribution in [1.29, 1.82) is 0 Å². The smallest absolute Gasteiger partial charge is 0.259 e. The van der Waals surface area contributed by atoms with Gasteiger partial charge in [0.15, 0.2) is 0 Å². The Labute approximate surface area is 144 Å². The summed E-state index contributed by atoms with van der Waals surface area (Å²) in [5.41, 5.74) is 3.57. The fraction of sp³-hybridized carbons (Fsp3) is 0.278. The van der Waals surface area contributed by atoms with Gasteiger partial charge in [-0.15, -0.1) is 0 Å². The molecule has 23 heavy (non-hydrogen) atoms. The molecule has 122 valence electrons. The second kappa shape index (κ2) is 8.13. The molecule has 0 aliphatic rings. The highest BCUT2D eigenvalue weighted by Gasteiger charge is 2.14. The number of nitrogens with one attached hydrogen (secondary N) is 1. The second-order valence-corrected chi connectivity index (χ2v) is 6.15. The van der Waals surface area contributed by atoms with Crippen molar-refractivity contribution in [3.63, 3.8) is 0 Å². The number of carbonyl (C=O) groups is 1. The lowest BCUT2D eigenvalue weighted by Gasteiger charge is -2.13. The highest BCUT2D eigenvalue weighted by molar-refractivity contribution is 9.10. The fourth-order valence-electron chi connectivity index (χ4n) is 2.06. The zero-order valence-electron chi connectivity index (χ0n) is 13.5. The first-order chi connectivity index (χ1) is 11.0. The van der Waals surface area contributed by atoms with Crippen LogP contribution in [0.25, 0.3) is 0 Å². The average molecular weight is 378 g/mol. The van der Waals surface area contributed by atoms with E-state index in [1.165, 1.54) is 5.56 Å². The SMILES string of the molecule is COCCOc1ccc(Br)cc1C(=O)Nc1ccc(C)c(C)c1. The average Bonchev–Trinajstić information content (AvgIpc) is 2.52. The lowest BCUT2D eigenvalue weighted by Crippen LogP contribution is -2.15. The lowest BCUT2D eigenvalue weighted by molar-refractivity contribution is 0.101. The standard InChI is InChI=1S/C18H20BrNO3/c1-12-4-6-15(10-13(12)2)20-18(21)16-11-14(19)5-7-17(16)23-9-8-22-3/h4-7,10-11H,8-9H2,1-3H3,(H,20,21). The number of hydrogen-bond donors (Lipinski definition) is 1. The van der Waals surface area contributed by atoms with E-state index in [9.17, 15) is 4.79 Å². The van der Waals surface area contributed by atoms with Crippen LogP contribution in [0.3, 0.4) is 0 Å². The predicted molar refractivity (Wildman–Crippen MR) is 95.4 cm³/mol. The molecule has 0 radical (unpaired) electrons. The highest BCUT2D eigenvalue weighted by atomic mass is 79.9. The topological polar surface area (TPSA) is 47.6 Å². The van der Waals surface area contributed by atoms with Gasteiger partial charge in [-0.3, -0.25) is 4.79 Å². The monoisotopic (exact) mass is 377 g/mol. The molecule has 0 saturated carbocycles. The summed E-state index contributed by atoms with van der Waals surface area (Å²) in [4.78, 5) is 12.6. The molecule has 0 heterocycles. The first-order valence-corrected chi connectivity index (χ1v) is 8.10. The molecule has 5 heteroatoms. The summed E-state index contributed by atoms with van der Waals surface area (Å²) in [6.45, 7) is 4.91. The molecular weight excluding hydrogens is 358 g/mol. The Morgan fingerprint density at radius 2 is 1.87 bits per heavy atom. The third kappa shape index (κ3) is 4.81. The number of carbonyl (C=O) groups excluding carboxylic acids is 1. The van der Waals surface area contributed by atoms with Crippen molar-refractivity contribution >= 4 is 27.5 Å². The number of methoxy groups -OCH3 is 1. The minimum absolute atomic E-state index is 0.207. The van der Waals surface area contributed by atoms with Crippen molar-refractivity contribution in [2.24, 2.45) is 0 Å². The fourth-order valence-corrected chi connectivity index (χ4v) is 2.42. The summed E-state index contributed by atoms with van der Waals surface area (Å²) in [5, 5.41) is 2.91. The molecule has 0 fully saturated rings. The van der Waals surface area contributed by atoms with Gasteiger partial charge in [-0.05, 0) is 55.3 Å². The van der Waals surface area contributed by atoms with Crippen molar-refractivity contribution in [2.75, 3.05) is 25.6 Å². The maximum atomic E-state index is 12.6. The molecule has 1 N–H and O–H groups in total. The van der Waals surface area contributed by atoms with Gasteiger partial charge < -0.3 is 14.8 Å². The van der Waals surface area contributed by atoms with Crippen LogP contribution in [0.1, 0.15) is 21.5 Å². The molecule has 0 aliphatic heterocycles. The Bertz CT molecular complexity index is 701. The number of ether oxygens (including phenoxy) is 2. The molecule has 0 bridgehead atoms. The summed E-state index contributed by atoms with van der Waals surface area (Å²) in [7, 11) is 1.61. The zero-order valence-corrected chi connectivity index (χ0v) is 15.1. The zero-order chi connectivity index (χ0) is 16.8. The molecule has 0 unspecified atom stereocenters. The van der Waals surface area contributed by atoms with Gasteiger partial charge in [-0.25, -0.2) is 0 Å². The van der Waals surface area contributed by atoms with Crippen molar-refractivity contribution < 1.29 is 14.3 Å². The van der Waals surface area contributed by atoms with Crippen LogP contribution in [0.15, 0.2) is 40.9 Å². The van der Waals surface area contributed by atoms with E-state index >= 15 is 0 Å². The largest absolute Gasteiger partial charge is 0.490 e.